The van der Waals surface area contributed by atoms with Gasteiger partial charge in [-0.05, 0) is 25.7 Å². The van der Waals surface area contributed by atoms with E-state index in [1.54, 1.807) is 0 Å². The molecule has 1 aliphatic carbocycles. The zero-order chi connectivity index (χ0) is 11.6. The summed E-state index contributed by atoms with van der Waals surface area (Å²) in [7, 11) is 1.23. The summed E-state index contributed by atoms with van der Waals surface area (Å²) in [5.74, 6) is -1.84. The van der Waals surface area contributed by atoms with Crippen molar-refractivity contribution in [3.05, 3.63) is 11.3 Å². The zero-order valence-corrected chi connectivity index (χ0v) is 8.26. The van der Waals surface area contributed by atoms with Gasteiger partial charge in [0.25, 0.3) is 5.78 Å². The van der Waals surface area contributed by atoms with E-state index in [1.165, 1.54) is 7.05 Å². The number of rotatable bonds is 2. The first kappa shape index (κ1) is 12.0. The summed E-state index contributed by atoms with van der Waals surface area (Å²) in [5, 5.41) is 9.73. The molecule has 0 heterocycles. The molecule has 0 aromatic carbocycles. The number of hydroxylamine groups is 2. The highest BCUT2D eigenvalue weighted by atomic mass is 19.4. The van der Waals surface area contributed by atoms with E-state index in [4.69, 9.17) is 5.21 Å². The molecule has 0 saturated carbocycles. The van der Waals surface area contributed by atoms with E-state index >= 15 is 0 Å². The van der Waals surface area contributed by atoms with Crippen LogP contribution in [0.1, 0.15) is 25.7 Å². The van der Waals surface area contributed by atoms with Crippen molar-refractivity contribution in [1.82, 2.24) is 5.06 Å². The van der Waals surface area contributed by atoms with E-state index in [0.29, 0.717) is 24.3 Å². The summed E-state index contributed by atoms with van der Waals surface area (Å²) in [5.41, 5.74) is -0.220. The molecule has 15 heavy (non-hydrogen) atoms. The Kier molecular flexibility index (Phi) is 3.38. The maximum atomic E-state index is 12.2. The van der Waals surface area contributed by atoms with Crippen LogP contribution in [0.2, 0.25) is 0 Å². The third-order valence-corrected chi connectivity index (χ3v) is 2.36. The highest BCUT2D eigenvalue weighted by Crippen LogP contribution is 2.31. The van der Waals surface area contributed by atoms with Crippen LogP contribution in [0.15, 0.2) is 11.3 Å². The maximum Gasteiger partial charge on any atom is 0.454 e. The Bertz CT molecular complexity index is 294. The Hall–Kier alpha value is -1.04. The van der Waals surface area contributed by atoms with Crippen molar-refractivity contribution in [3.63, 3.8) is 0 Å². The summed E-state index contributed by atoms with van der Waals surface area (Å²) < 4.78 is 36.6. The van der Waals surface area contributed by atoms with E-state index in [0.717, 1.165) is 0 Å². The normalized spacial score (nSPS) is 17.9. The lowest BCUT2D eigenvalue weighted by atomic mass is 9.93. The number of carbonyl (C=O) groups is 1. The minimum absolute atomic E-state index is 0.0819. The Balaban J connectivity index is 3.03. The Labute approximate surface area is 85.1 Å². The van der Waals surface area contributed by atoms with Gasteiger partial charge in [-0.3, -0.25) is 15.1 Å². The van der Waals surface area contributed by atoms with Gasteiger partial charge in [-0.15, -0.1) is 0 Å². The first-order valence-corrected chi connectivity index (χ1v) is 4.60. The van der Waals surface area contributed by atoms with E-state index in [-0.39, 0.29) is 17.7 Å². The van der Waals surface area contributed by atoms with Gasteiger partial charge in [0.2, 0.25) is 0 Å². The fourth-order valence-electron chi connectivity index (χ4n) is 1.66. The highest BCUT2D eigenvalue weighted by Gasteiger charge is 2.42. The molecule has 3 nitrogen and oxygen atoms in total. The number of Topliss-reactive ketones (excluding diaryl/α,β-unsaturated/α-hetero) is 1. The molecule has 1 rings (SSSR count). The molecule has 0 atom stereocenters. The largest absolute Gasteiger partial charge is 0.454 e. The Morgan fingerprint density at radius 1 is 1.33 bits per heavy atom. The van der Waals surface area contributed by atoms with Gasteiger partial charge < -0.3 is 0 Å². The molecule has 0 saturated heterocycles. The van der Waals surface area contributed by atoms with Crippen LogP contribution in [0.4, 0.5) is 13.2 Å². The third-order valence-electron chi connectivity index (χ3n) is 2.36. The molecular formula is C9H12F3NO2. The molecule has 0 amide bonds. The number of allylic oxidation sites excluding steroid dienone is 2. The fraction of sp³-hybridized carbons (Fsp3) is 0.667. The average molecular weight is 223 g/mol. The van der Waals surface area contributed by atoms with E-state index in [1.807, 2.05) is 0 Å². The van der Waals surface area contributed by atoms with Crippen molar-refractivity contribution in [2.24, 2.45) is 0 Å². The van der Waals surface area contributed by atoms with Crippen LogP contribution in [0.5, 0.6) is 0 Å². The standard InChI is InChI=1S/C9H12F3NO2/c1-13(15)7-5-3-2-4-6(7)8(14)9(10,11)12/h15H,2-5H2,1H3. The summed E-state index contributed by atoms with van der Waals surface area (Å²) in [4.78, 5) is 11.0. The predicted octanol–water partition coefficient (Wildman–Crippen LogP) is 2.27. The second-order valence-corrected chi connectivity index (χ2v) is 3.48. The first-order valence-electron chi connectivity index (χ1n) is 4.60. The third kappa shape index (κ3) is 2.71. The van der Waals surface area contributed by atoms with Crippen LogP contribution in [0.3, 0.4) is 0 Å². The van der Waals surface area contributed by atoms with Crippen LogP contribution in [-0.4, -0.2) is 29.3 Å². The molecular weight excluding hydrogens is 211 g/mol. The quantitative estimate of drug-likeness (QED) is 0.730. The predicted molar refractivity (Wildman–Crippen MR) is 46.1 cm³/mol. The molecule has 0 bridgehead atoms. The number of hydrogen-bond acceptors (Lipinski definition) is 3. The maximum absolute atomic E-state index is 12.2. The van der Waals surface area contributed by atoms with E-state index in [9.17, 15) is 18.0 Å². The van der Waals surface area contributed by atoms with Gasteiger partial charge in [0.05, 0.1) is 0 Å². The zero-order valence-electron chi connectivity index (χ0n) is 8.26. The lowest BCUT2D eigenvalue weighted by Gasteiger charge is -2.24. The minimum Gasteiger partial charge on any atom is -0.289 e. The molecule has 6 heteroatoms. The van der Waals surface area contributed by atoms with Gasteiger partial charge >= 0.3 is 6.18 Å². The smallest absolute Gasteiger partial charge is 0.289 e. The number of alkyl halides is 3. The highest BCUT2D eigenvalue weighted by molar-refractivity contribution is 6.00. The molecule has 1 aliphatic rings. The Morgan fingerprint density at radius 2 is 1.87 bits per heavy atom. The summed E-state index contributed by atoms with van der Waals surface area (Å²) in [6, 6.07) is 0. The molecule has 86 valence electrons. The van der Waals surface area contributed by atoms with Gasteiger partial charge in [-0.1, -0.05) is 0 Å². The van der Waals surface area contributed by atoms with Crippen LogP contribution >= 0.6 is 0 Å². The number of nitrogens with zero attached hydrogens (tertiary/aromatic N) is 1. The molecule has 0 spiro atoms. The molecule has 0 radical (unpaired) electrons. The van der Waals surface area contributed by atoms with Gasteiger partial charge in [-0.25, -0.2) is 0 Å². The van der Waals surface area contributed by atoms with Crippen molar-refractivity contribution in [2.75, 3.05) is 7.05 Å². The van der Waals surface area contributed by atoms with Gasteiger partial charge in [0.15, 0.2) is 0 Å². The van der Waals surface area contributed by atoms with E-state index < -0.39 is 12.0 Å². The molecule has 0 aromatic rings. The summed E-state index contributed by atoms with van der Waals surface area (Å²) in [6.45, 7) is 0. The second-order valence-electron chi connectivity index (χ2n) is 3.48. The number of halogens is 3. The topological polar surface area (TPSA) is 40.5 Å². The van der Waals surface area contributed by atoms with Crippen molar-refractivity contribution in [3.8, 4) is 0 Å². The molecule has 0 unspecified atom stereocenters. The van der Waals surface area contributed by atoms with Gasteiger partial charge in [0, 0.05) is 18.3 Å². The molecule has 0 fully saturated rings. The van der Waals surface area contributed by atoms with Crippen molar-refractivity contribution in [1.29, 1.82) is 0 Å². The summed E-state index contributed by atoms with van der Waals surface area (Å²) >= 11 is 0. The molecule has 1 N–H and O–H groups in total. The van der Waals surface area contributed by atoms with Crippen molar-refractivity contribution in [2.45, 2.75) is 31.9 Å². The summed E-state index contributed by atoms with van der Waals surface area (Å²) in [6.07, 6.45) is -3.22. The second kappa shape index (κ2) is 4.22. The lowest BCUT2D eigenvalue weighted by molar-refractivity contribution is -0.167. The van der Waals surface area contributed by atoms with Crippen LogP contribution in [0, 0.1) is 0 Å². The van der Waals surface area contributed by atoms with Crippen LogP contribution in [0.25, 0.3) is 0 Å². The van der Waals surface area contributed by atoms with Crippen molar-refractivity contribution >= 4 is 5.78 Å². The fourth-order valence-corrected chi connectivity index (χ4v) is 1.66. The van der Waals surface area contributed by atoms with Gasteiger partial charge in [0.1, 0.15) is 0 Å². The molecule has 0 aromatic heterocycles. The average Bonchev–Trinajstić information content (AvgIpc) is 2.15. The number of hydrogen-bond donors (Lipinski definition) is 1. The monoisotopic (exact) mass is 223 g/mol. The minimum atomic E-state index is -4.85. The van der Waals surface area contributed by atoms with Crippen LogP contribution < -0.4 is 0 Å². The number of carbonyl (C=O) groups excluding carboxylic acids is 1. The molecule has 0 aliphatic heterocycles. The lowest BCUT2D eigenvalue weighted by Crippen LogP contribution is -2.29. The van der Waals surface area contributed by atoms with Crippen LogP contribution in [-0.2, 0) is 4.79 Å². The van der Waals surface area contributed by atoms with Crippen molar-refractivity contribution < 1.29 is 23.2 Å². The first-order chi connectivity index (χ1) is 6.84. The van der Waals surface area contributed by atoms with Gasteiger partial charge in [-0.2, -0.15) is 13.2 Å². The SMILES string of the molecule is CN(O)C1=C(C(=O)C(F)(F)F)CCCC1. The van der Waals surface area contributed by atoms with E-state index in [2.05, 4.69) is 0 Å². The Morgan fingerprint density at radius 3 is 2.33 bits per heavy atom. The number of ketones is 1.